The fourth-order valence-corrected chi connectivity index (χ4v) is 4.18. The third-order valence-electron chi connectivity index (χ3n) is 5.76. The van der Waals surface area contributed by atoms with Crippen LogP contribution >= 0.6 is 0 Å². The van der Waals surface area contributed by atoms with Crippen molar-refractivity contribution in [3.8, 4) is 28.3 Å². The van der Waals surface area contributed by atoms with Crippen LogP contribution in [0.5, 0.6) is 5.75 Å². The largest absolute Gasteiger partial charge is 0.507 e. The summed E-state index contributed by atoms with van der Waals surface area (Å²) in [5, 5.41) is 10.7. The minimum absolute atomic E-state index is 0.273. The maximum absolute atomic E-state index is 10.7. The molecule has 2 aromatic heterocycles. The Morgan fingerprint density at radius 1 is 0.676 bits per heavy atom. The Morgan fingerprint density at radius 2 is 1.41 bits per heavy atom. The molecule has 4 nitrogen and oxygen atoms in total. The summed E-state index contributed by atoms with van der Waals surface area (Å²) in [6, 6.07) is 34.3. The van der Waals surface area contributed by atoms with E-state index < -0.39 is 0 Å². The third kappa shape index (κ3) is 4.26. The molecule has 34 heavy (non-hydrogen) atoms. The first kappa shape index (κ1) is 21.4. The average Bonchev–Trinajstić information content (AvgIpc) is 2.88. The van der Waals surface area contributed by atoms with E-state index in [9.17, 15) is 5.11 Å². The van der Waals surface area contributed by atoms with Crippen molar-refractivity contribution in [2.45, 2.75) is 13.8 Å². The molecule has 0 aliphatic carbocycles. The number of aryl methyl sites for hydroxylation is 2. The Bertz CT molecular complexity index is 1390. The van der Waals surface area contributed by atoms with E-state index in [1.54, 1.807) is 6.20 Å². The summed E-state index contributed by atoms with van der Waals surface area (Å²) < 4.78 is 0. The fraction of sp³-hybridized carbons (Fsp3) is 0.0667. The zero-order valence-corrected chi connectivity index (χ0v) is 19.2. The van der Waals surface area contributed by atoms with E-state index in [-0.39, 0.29) is 5.75 Å². The van der Waals surface area contributed by atoms with E-state index in [2.05, 4.69) is 40.2 Å². The molecule has 0 amide bonds. The number of para-hydroxylation sites is 1. The van der Waals surface area contributed by atoms with Gasteiger partial charge in [-0.1, -0.05) is 48.5 Å². The van der Waals surface area contributed by atoms with Crippen LogP contribution in [-0.4, -0.2) is 15.1 Å². The Kier molecular flexibility index (Phi) is 5.79. The lowest BCUT2D eigenvalue weighted by Crippen LogP contribution is -2.11. The van der Waals surface area contributed by atoms with Crippen molar-refractivity contribution in [3.05, 3.63) is 120 Å². The first-order valence-electron chi connectivity index (χ1n) is 11.2. The lowest BCUT2D eigenvalue weighted by molar-refractivity contribution is 0.473. The number of anilines is 3. The molecule has 0 fully saturated rings. The van der Waals surface area contributed by atoms with Gasteiger partial charge in [0.25, 0.3) is 0 Å². The molecule has 0 saturated carbocycles. The van der Waals surface area contributed by atoms with Crippen molar-refractivity contribution < 1.29 is 5.11 Å². The second kappa shape index (κ2) is 9.20. The summed E-state index contributed by atoms with van der Waals surface area (Å²) in [5.74, 6) is 1.11. The normalized spacial score (nSPS) is 10.8. The highest BCUT2D eigenvalue weighted by atomic mass is 16.3. The molecule has 0 saturated heterocycles. The van der Waals surface area contributed by atoms with E-state index in [0.717, 1.165) is 50.8 Å². The van der Waals surface area contributed by atoms with Gasteiger partial charge in [0.2, 0.25) is 0 Å². The molecule has 0 aliphatic heterocycles. The van der Waals surface area contributed by atoms with Gasteiger partial charge >= 0.3 is 0 Å². The lowest BCUT2D eigenvalue weighted by atomic mass is 10.0. The first-order valence-corrected chi connectivity index (χ1v) is 11.2. The number of nitrogens with zero attached hydrogens (tertiary/aromatic N) is 3. The van der Waals surface area contributed by atoms with Crippen molar-refractivity contribution in [1.29, 1.82) is 0 Å². The van der Waals surface area contributed by atoms with Crippen molar-refractivity contribution in [2.24, 2.45) is 0 Å². The SMILES string of the molecule is Cc1cc(C)c(O)c(-c2cccc(-c3cccc(N(c4ccccc4)c4ccccn4)c3)n2)c1. The quantitative estimate of drug-likeness (QED) is 0.304. The van der Waals surface area contributed by atoms with Gasteiger partial charge in [-0.25, -0.2) is 9.97 Å². The number of hydrogen-bond donors (Lipinski definition) is 1. The maximum Gasteiger partial charge on any atom is 0.137 e. The van der Waals surface area contributed by atoms with Crippen LogP contribution in [0.4, 0.5) is 17.2 Å². The van der Waals surface area contributed by atoms with Crippen molar-refractivity contribution in [3.63, 3.8) is 0 Å². The van der Waals surface area contributed by atoms with E-state index in [1.807, 2.05) is 86.6 Å². The second-order valence-electron chi connectivity index (χ2n) is 8.30. The number of phenols is 1. The first-order chi connectivity index (χ1) is 16.6. The average molecular weight is 444 g/mol. The summed E-state index contributed by atoms with van der Waals surface area (Å²) in [7, 11) is 0. The number of aromatic nitrogens is 2. The van der Waals surface area contributed by atoms with E-state index >= 15 is 0 Å². The number of hydrogen-bond acceptors (Lipinski definition) is 4. The summed E-state index contributed by atoms with van der Waals surface area (Å²) in [4.78, 5) is 11.6. The fourth-order valence-electron chi connectivity index (χ4n) is 4.18. The summed E-state index contributed by atoms with van der Waals surface area (Å²) in [6.07, 6.45) is 1.80. The maximum atomic E-state index is 10.7. The van der Waals surface area contributed by atoms with Gasteiger partial charge in [-0.3, -0.25) is 4.90 Å². The van der Waals surface area contributed by atoms with Crippen molar-refractivity contribution in [1.82, 2.24) is 9.97 Å². The summed E-state index contributed by atoms with van der Waals surface area (Å²) in [5.41, 5.74) is 7.27. The molecule has 1 N–H and O–H groups in total. The van der Waals surface area contributed by atoms with Gasteiger partial charge in [-0.05, 0) is 79.6 Å². The van der Waals surface area contributed by atoms with E-state index in [0.29, 0.717) is 0 Å². The van der Waals surface area contributed by atoms with Crippen LogP contribution in [0.2, 0.25) is 0 Å². The topological polar surface area (TPSA) is 49.2 Å². The van der Waals surface area contributed by atoms with Crippen LogP contribution in [0.3, 0.4) is 0 Å². The molecule has 0 bridgehead atoms. The predicted molar refractivity (Wildman–Crippen MR) is 139 cm³/mol. The van der Waals surface area contributed by atoms with Crippen LogP contribution < -0.4 is 4.90 Å². The molecule has 0 atom stereocenters. The van der Waals surface area contributed by atoms with Gasteiger partial charge in [0.15, 0.2) is 0 Å². The Morgan fingerprint density at radius 3 is 2.21 bits per heavy atom. The van der Waals surface area contributed by atoms with Gasteiger partial charge in [0.1, 0.15) is 11.6 Å². The number of aromatic hydroxyl groups is 1. The highest BCUT2D eigenvalue weighted by molar-refractivity contribution is 5.78. The summed E-state index contributed by atoms with van der Waals surface area (Å²) >= 11 is 0. The van der Waals surface area contributed by atoms with Gasteiger partial charge in [-0.15, -0.1) is 0 Å². The van der Waals surface area contributed by atoms with Crippen LogP contribution in [-0.2, 0) is 0 Å². The molecule has 0 radical (unpaired) electrons. The van der Waals surface area contributed by atoms with Crippen molar-refractivity contribution >= 4 is 17.2 Å². The lowest BCUT2D eigenvalue weighted by Gasteiger charge is -2.24. The molecular weight excluding hydrogens is 418 g/mol. The molecule has 4 heteroatoms. The Labute approximate surface area is 199 Å². The number of rotatable bonds is 5. The van der Waals surface area contributed by atoms with Crippen molar-refractivity contribution in [2.75, 3.05) is 4.90 Å². The van der Waals surface area contributed by atoms with Crippen LogP contribution in [0.25, 0.3) is 22.5 Å². The van der Waals surface area contributed by atoms with Crippen LogP contribution in [0.1, 0.15) is 11.1 Å². The third-order valence-corrected chi connectivity index (χ3v) is 5.76. The molecule has 0 spiro atoms. The molecule has 2 heterocycles. The van der Waals surface area contributed by atoms with Crippen LogP contribution in [0, 0.1) is 13.8 Å². The van der Waals surface area contributed by atoms with E-state index in [4.69, 9.17) is 4.98 Å². The minimum atomic E-state index is 0.273. The monoisotopic (exact) mass is 443 g/mol. The molecule has 5 aromatic rings. The number of benzene rings is 3. The summed E-state index contributed by atoms with van der Waals surface area (Å²) in [6.45, 7) is 3.94. The highest BCUT2D eigenvalue weighted by Gasteiger charge is 2.15. The highest BCUT2D eigenvalue weighted by Crippen LogP contribution is 2.36. The number of phenolic OH excluding ortho intramolecular Hbond substituents is 1. The van der Waals surface area contributed by atoms with E-state index in [1.165, 1.54) is 0 Å². The smallest absolute Gasteiger partial charge is 0.137 e. The zero-order valence-electron chi connectivity index (χ0n) is 19.2. The second-order valence-corrected chi connectivity index (χ2v) is 8.30. The van der Waals surface area contributed by atoms with Gasteiger partial charge in [0.05, 0.1) is 11.4 Å². The predicted octanol–water partition coefficient (Wildman–Crippen LogP) is 7.60. The standard InChI is InChI=1S/C30H25N3O/c1-21-18-22(2)30(34)26(19-21)28-15-9-14-27(32-28)23-10-8-13-25(20-23)33(24-11-4-3-5-12-24)29-16-6-7-17-31-29/h3-20,34H,1-2H3. The molecule has 166 valence electrons. The van der Waals surface area contributed by atoms with Gasteiger partial charge in [0, 0.05) is 28.7 Å². The number of pyridine rings is 2. The molecule has 3 aromatic carbocycles. The molecule has 0 unspecified atom stereocenters. The Hall–Kier alpha value is -4.44. The van der Waals surface area contributed by atoms with Gasteiger partial charge in [-0.2, -0.15) is 0 Å². The minimum Gasteiger partial charge on any atom is -0.507 e. The Balaban J connectivity index is 1.59. The molecular formula is C30H25N3O. The molecule has 5 rings (SSSR count). The van der Waals surface area contributed by atoms with Crippen LogP contribution in [0.15, 0.2) is 109 Å². The van der Waals surface area contributed by atoms with Gasteiger partial charge < -0.3 is 5.11 Å². The molecule has 0 aliphatic rings. The zero-order chi connectivity index (χ0) is 23.5.